The van der Waals surface area contributed by atoms with Gasteiger partial charge < -0.3 is 10.2 Å². The van der Waals surface area contributed by atoms with Crippen LogP contribution in [-0.4, -0.2) is 52.6 Å². The molecule has 0 aromatic rings. The Kier molecular flexibility index (Phi) is 3.58. The summed E-state index contributed by atoms with van der Waals surface area (Å²) in [6.07, 6.45) is 2.07. The molecule has 6 heteroatoms. The fourth-order valence-electron chi connectivity index (χ4n) is 1.99. The zero-order valence-corrected chi connectivity index (χ0v) is 12.6. The van der Waals surface area contributed by atoms with E-state index in [4.69, 9.17) is 0 Å². The lowest BCUT2D eigenvalue weighted by atomic mass is 9.99. The Hall–Kier alpha value is -1.85. The van der Waals surface area contributed by atoms with E-state index < -0.39 is 0 Å². The summed E-state index contributed by atoms with van der Waals surface area (Å²) in [7, 11) is 1.75. The molecule has 110 valence electrons. The molecule has 2 rings (SSSR count). The largest absolute Gasteiger partial charge is 0.348 e. The van der Waals surface area contributed by atoms with Crippen molar-refractivity contribution in [1.82, 2.24) is 15.2 Å². The summed E-state index contributed by atoms with van der Waals surface area (Å²) in [5.41, 5.74) is 0.297. The quantitative estimate of drug-likeness (QED) is 0.611. The molecule has 1 saturated heterocycles. The summed E-state index contributed by atoms with van der Waals surface area (Å²) < 4.78 is 0. The van der Waals surface area contributed by atoms with E-state index in [9.17, 15) is 9.59 Å². The second-order valence-electron chi connectivity index (χ2n) is 6.11. The number of carbonyl (C=O) groups is 2. The topological polar surface area (TPSA) is 65.0 Å². The number of piperazine rings is 1. The van der Waals surface area contributed by atoms with Crippen LogP contribution in [0, 0.1) is 0 Å². The highest BCUT2D eigenvalue weighted by atomic mass is 16.2. The summed E-state index contributed by atoms with van der Waals surface area (Å²) in [6, 6.07) is 0.293. The molecule has 0 spiro atoms. The molecular formula is C14H22N4O2. The number of hydrogen-bond acceptors (Lipinski definition) is 4. The van der Waals surface area contributed by atoms with Gasteiger partial charge in [-0.3, -0.25) is 14.6 Å². The smallest absolute Gasteiger partial charge is 0.271 e. The number of carbonyl (C=O) groups excluding carboxylic acids is 2. The maximum Gasteiger partial charge on any atom is 0.271 e. The minimum Gasteiger partial charge on any atom is -0.348 e. The average Bonchev–Trinajstić information content (AvgIpc) is 3.17. The van der Waals surface area contributed by atoms with E-state index in [-0.39, 0.29) is 17.4 Å². The van der Waals surface area contributed by atoms with Gasteiger partial charge in [-0.15, -0.1) is 0 Å². The summed E-state index contributed by atoms with van der Waals surface area (Å²) >= 11 is 0. The highest BCUT2D eigenvalue weighted by Gasteiger charge is 2.38. The van der Waals surface area contributed by atoms with E-state index >= 15 is 0 Å². The van der Waals surface area contributed by atoms with Gasteiger partial charge in [0.05, 0.1) is 12.1 Å². The lowest BCUT2D eigenvalue weighted by Gasteiger charge is -2.44. The Morgan fingerprint density at radius 3 is 2.60 bits per heavy atom. The zero-order chi connectivity index (χ0) is 15.1. The van der Waals surface area contributed by atoms with Crippen LogP contribution in [0.4, 0.5) is 0 Å². The van der Waals surface area contributed by atoms with E-state index in [0.29, 0.717) is 24.0 Å². The first-order valence-electron chi connectivity index (χ1n) is 6.83. The number of nitrogens with zero attached hydrogens (tertiary/aromatic N) is 3. The normalized spacial score (nSPS) is 23.1. The fourth-order valence-corrected chi connectivity index (χ4v) is 1.99. The predicted octanol–water partition coefficient (Wildman–Crippen LogP) is 0.707. The standard InChI is InChI=1S/C14H22N4O2/c1-9(12(19)15-11-6-7-11)16-18-8-14(3,4)17(5)13(20)10(18)2/h11H,2,6-8H2,1,3-5H3,(H,15,19)/b16-9+. The lowest BCUT2D eigenvalue weighted by molar-refractivity contribution is -0.137. The predicted molar refractivity (Wildman–Crippen MR) is 77.0 cm³/mol. The molecule has 2 fully saturated rings. The maximum atomic E-state index is 12.1. The van der Waals surface area contributed by atoms with Crippen molar-refractivity contribution in [3.05, 3.63) is 12.3 Å². The van der Waals surface area contributed by atoms with Crippen LogP contribution in [0.15, 0.2) is 17.4 Å². The van der Waals surface area contributed by atoms with Gasteiger partial charge in [0, 0.05) is 13.1 Å². The van der Waals surface area contributed by atoms with Crippen molar-refractivity contribution in [3.63, 3.8) is 0 Å². The first-order chi connectivity index (χ1) is 9.22. The Bertz CT molecular complexity index is 491. The Morgan fingerprint density at radius 2 is 2.05 bits per heavy atom. The SMILES string of the molecule is C=C1C(=O)N(C)C(C)(C)CN1/N=C(\C)C(=O)NC1CC1. The molecule has 0 unspecified atom stereocenters. The number of nitrogens with one attached hydrogen (secondary N) is 1. The van der Waals surface area contributed by atoms with Gasteiger partial charge in [0.1, 0.15) is 11.4 Å². The minimum atomic E-state index is -0.352. The van der Waals surface area contributed by atoms with Crippen molar-refractivity contribution in [2.45, 2.75) is 45.2 Å². The monoisotopic (exact) mass is 278 g/mol. The van der Waals surface area contributed by atoms with Crippen LogP contribution in [0.3, 0.4) is 0 Å². The van der Waals surface area contributed by atoms with Crippen molar-refractivity contribution in [3.8, 4) is 0 Å². The first-order valence-corrected chi connectivity index (χ1v) is 6.83. The number of hydrazone groups is 1. The summed E-state index contributed by atoms with van der Waals surface area (Å²) in [6.45, 7) is 9.86. The third-order valence-corrected chi connectivity index (χ3v) is 3.82. The second kappa shape index (κ2) is 4.92. The van der Waals surface area contributed by atoms with Crippen LogP contribution in [0.5, 0.6) is 0 Å². The third-order valence-electron chi connectivity index (χ3n) is 3.82. The van der Waals surface area contributed by atoms with E-state index in [1.165, 1.54) is 5.01 Å². The fraction of sp³-hybridized carbons (Fsp3) is 0.643. The Morgan fingerprint density at radius 1 is 1.45 bits per heavy atom. The van der Waals surface area contributed by atoms with E-state index in [1.54, 1.807) is 18.9 Å². The molecule has 1 N–H and O–H groups in total. The van der Waals surface area contributed by atoms with Gasteiger partial charge in [-0.1, -0.05) is 6.58 Å². The number of likely N-dealkylation sites (N-methyl/N-ethyl adjacent to an activating group) is 1. The van der Waals surface area contributed by atoms with Gasteiger partial charge >= 0.3 is 0 Å². The van der Waals surface area contributed by atoms with Crippen molar-refractivity contribution in [2.75, 3.05) is 13.6 Å². The Balaban J connectivity index is 2.12. The third kappa shape index (κ3) is 2.84. The highest BCUT2D eigenvalue weighted by molar-refractivity contribution is 6.38. The van der Waals surface area contributed by atoms with Crippen molar-refractivity contribution >= 4 is 17.5 Å². The van der Waals surface area contributed by atoms with Crippen LogP contribution in [0.25, 0.3) is 0 Å². The first kappa shape index (κ1) is 14.6. The van der Waals surface area contributed by atoms with Gasteiger partial charge in [0.2, 0.25) is 0 Å². The zero-order valence-electron chi connectivity index (χ0n) is 12.6. The summed E-state index contributed by atoms with van der Waals surface area (Å²) in [4.78, 5) is 25.6. The molecule has 0 atom stereocenters. The minimum absolute atomic E-state index is 0.166. The molecule has 1 saturated carbocycles. The molecule has 2 amide bonds. The number of amides is 2. The summed E-state index contributed by atoms with van der Waals surface area (Å²) in [5, 5.41) is 8.68. The second-order valence-corrected chi connectivity index (χ2v) is 6.11. The molecule has 1 aliphatic heterocycles. The van der Waals surface area contributed by atoms with Crippen LogP contribution in [-0.2, 0) is 9.59 Å². The molecule has 2 aliphatic rings. The van der Waals surface area contributed by atoms with Crippen molar-refractivity contribution in [1.29, 1.82) is 0 Å². The van der Waals surface area contributed by atoms with Crippen LogP contribution >= 0.6 is 0 Å². The molecule has 0 radical (unpaired) electrons. The molecule has 0 aromatic carbocycles. The molecule has 6 nitrogen and oxygen atoms in total. The molecular weight excluding hydrogens is 256 g/mol. The van der Waals surface area contributed by atoms with E-state index in [2.05, 4.69) is 17.0 Å². The van der Waals surface area contributed by atoms with Crippen LogP contribution in [0.1, 0.15) is 33.6 Å². The highest BCUT2D eigenvalue weighted by Crippen LogP contribution is 2.25. The maximum absolute atomic E-state index is 12.1. The molecule has 0 bridgehead atoms. The molecule has 0 aromatic heterocycles. The molecule has 1 aliphatic carbocycles. The van der Waals surface area contributed by atoms with Gasteiger partial charge in [-0.25, -0.2) is 0 Å². The van der Waals surface area contributed by atoms with Gasteiger partial charge in [-0.05, 0) is 33.6 Å². The lowest BCUT2D eigenvalue weighted by Crippen LogP contribution is -2.58. The average molecular weight is 278 g/mol. The van der Waals surface area contributed by atoms with E-state index in [0.717, 1.165) is 12.8 Å². The van der Waals surface area contributed by atoms with Crippen molar-refractivity contribution in [2.24, 2.45) is 5.10 Å². The number of rotatable bonds is 3. The van der Waals surface area contributed by atoms with Gasteiger partial charge in [-0.2, -0.15) is 5.10 Å². The Labute approximate surface area is 119 Å². The van der Waals surface area contributed by atoms with Crippen LogP contribution < -0.4 is 5.32 Å². The molecule has 1 heterocycles. The van der Waals surface area contributed by atoms with Gasteiger partial charge in [0.25, 0.3) is 11.8 Å². The van der Waals surface area contributed by atoms with Crippen molar-refractivity contribution < 1.29 is 9.59 Å². The van der Waals surface area contributed by atoms with E-state index in [1.807, 2.05) is 13.8 Å². The van der Waals surface area contributed by atoms with Gasteiger partial charge in [0.15, 0.2) is 0 Å². The summed E-state index contributed by atoms with van der Waals surface area (Å²) in [5.74, 6) is -0.343. The number of hydrogen-bond donors (Lipinski definition) is 1. The molecule has 20 heavy (non-hydrogen) atoms. The van der Waals surface area contributed by atoms with Crippen LogP contribution in [0.2, 0.25) is 0 Å².